The van der Waals surface area contributed by atoms with Gasteiger partial charge in [-0.25, -0.2) is 4.79 Å². The molecule has 0 aliphatic carbocycles. The van der Waals surface area contributed by atoms with Crippen molar-refractivity contribution in [2.75, 3.05) is 25.0 Å². The van der Waals surface area contributed by atoms with Crippen molar-refractivity contribution in [2.24, 2.45) is 0 Å². The molecule has 1 saturated heterocycles. The molecule has 178 valence electrons. The van der Waals surface area contributed by atoms with E-state index in [0.717, 1.165) is 10.6 Å². The quantitative estimate of drug-likeness (QED) is 0.525. The van der Waals surface area contributed by atoms with Crippen LogP contribution in [-0.2, 0) is 20.8 Å². The van der Waals surface area contributed by atoms with Crippen LogP contribution in [0.5, 0.6) is 5.75 Å². The lowest BCUT2D eigenvalue weighted by Crippen LogP contribution is -2.54. The SMILES string of the molecule is CNC(=O)[C@H]1CN(CC(=O)NN2C(=O)N[C@@](C)(CCc3ccccc3)C2=O)c2ccccc2O1. The summed E-state index contributed by atoms with van der Waals surface area (Å²) in [6.45, 7) is 1.61. The third kappa shape index (κ3) is 4.66. The molecule has 0 unspecified atom stereocenters. The summed E-state index contributed by atoms with van der Waals surface area (Å²) in [5.41, 5.74) is 2.98. The predicted molar refractivity (Wildman–Crippen MR) is 124 cm³/mol. The molecule has 34 heavy (non-hydrogen) atoms. The molecule has 10 heteroatoms. The predicted octanol–water partition coefficient (Wildman–Crippen LogP) is 0.975. The first-order valence-electron chi connectivity index (χ1n) is 11.0. The summed E-state index contributed by atoms with van der Waals surface area (Å²) in [5.74, 6) is -0.933. The summed E-state index contributed by atoms with van der Waals surface area (Å²) >= 11 is 0. The summed E-state index contributed by atoms with van der Waals surface area (Å²) in [6.07, 6.45) is 0.181. The lowest BCUT2D eigenvalue weighted by atomic mass is 9.93. The molecule has 0 spiro atoms. The number of hydrogen-bond donors (Lipinski definition) is 3. The van der Waals surface area contributed by atoms with Crippen LogP contribution in [0.4, 0.5) is 10.5 Å². The van der Waals surface area contributed by atoms with Gasteiger partial charge in [-0.15, -0.1) is 0 Å². The third-order valence-electron chi connectivity index (χ3n) is 5.99. The van der Waals surface area contributed by atoms with Crippen molar-refractivity contribution in [3.63, 3.8) is 0 Å². The molecule has 5 amide bonds. The van der Waals surface area contributed by atoms with Crippen molar-refractivity contribution in [2.45, 2.75) is 31.4 Å². The first-order chi connectivity index (χ1) is 16.3. The molecular weight excluding hydrogens is 438 g/mol. The number of amides is 5. The van der Waals surface area contributed by atoms with Crippen LogP contribution in [0.25, 0.3) is 0 Å². The summed E-state index contributed by atoms with van der Waals surface area (Å²) in [4.78, 5) is 52.2. The number of hydrogen-bond acceptors (Lipinski definition) is 6. The van der Waals surface area contributed by atoms with Gasteiger partial charge in [-0.3, -0.25) is 19.8 Å². The van der Waals surface area contributed by atoms with Crippen LogP contribution >= 0.6 is 0 Å². The van der Waals surface area contributed by atoms with Gasteiger partial charge in [0.25, 0.3) is 17.7 Å². The second kappa shape index (κ2) is 9.42. The molecule has 2 aromatic carbocycles. The van der Waals surface area contributed by atoms with Crippen molar-refractivity contribution in [1.82, 2.24) is 21.1 Å². The van der Waals surface area contributed by atoms with Crippen molar-refractivity contribution in [3.05, 3.63) is 60.2 Å². The Morgan fingerprint density at radius 2 is 1.82 bits per heavy atom. The highest BCUT2D eigenvalue weighted by molar-refractivity contribution is 6.07. The Bertz CT molecular complexity index is 1110. The minimum atomic E-state index is -1.13. The summed E-state index contributed by atoms with van der Waals surface area (Å²) in [7, 11) is 1.51. The zero-order valence-corrected chi connectivity index (χ0v) is 19.0. The number of benzene rings is 2. The van der Waals surface area contributed by atoms with Gasteiger partial charge < -0.3 is 20.3 Å². The van der Waals surface area contributed by atoms with E-state index >= 15 is 0 Å². The number of nitrogens with one attached hydrogen (secondary N) is 3. The topological polar surface area (TPSA) is 120 Å². The fourth-order valence-corrected chi connectivity index (χ4v) is 4.08. The van der Waals surface area contributed by atoms with Crippen LogP contribution < -0.4 is 25.7 Å². The number of urea groups is 1. The normalized spacial score (nSPS) is 21.4. The second-order valence-electron chi connectivity index (χ2n) is 8.49. The zero-order chi connectivity index (χ0) is 24.3. The molecule has 0 radical (unpaired) electrons. The Kier molecular flexibility index (Phi) is 6.40. The van der Waals surface area contributed by atoms with Crippen molar-refractivity contribution >= 4 is 29.4 Å². The number of para-hydroxylation sites is 2. The van der Waals surface area contributed by atoms with Gasteiger partial charge in [0, 0.05) is 7.05 Å². The fraction of sp³-hybridized carbons (Fsp3) is 0.333. The molecule has 10 nitrogen and oxygen atoms in total. The van der Waals surface area contributed by atoms with E-state index in [4.69, 9.17) is 4.74 Å². The average molecular weight is 466 g/mol. The molecule has 0 aromatic heterocycles. The van der Waals surface area contributed by atoms with Gasteiger partial charge in [-0.2, -0.15) is 5.01 Å². The Morgan fingerprint density at radius 3 is 2.56 bits per heavy atom. The molecule has 2 aromatic rings. The molecule has 3 N–H and O–H groups in total. The number of anilines is 1. The van der Waals surface area contributed by atoms with Crippen LogP contribution in [-0.4, -0.2) is 60.5 Å². The maximum atomic E-state index is 13.0. The van der Waals surface area contributed by atoms with E-state index in [2.05, 4.69) is 16.1 Å². The lowest BCUT2D eigenvalue weighted by Gasteiger charge is -2.35. The molecule has 0 saturated carbocycles. The smallest absolute Gasteiger partial charge is 0.344 e. The largest absolute Gasteiger partial charge is 0.477 e. The van der Waals surface area contributed by atoms with Crippen LogP contribution in [0.15, 0.2) is 54.6 Å². The number of rotatable bonds is 7. The average Bonchev–Trinajstić information content (AvgIpc) is 3.06. The molecular formula is C24H27N5O5. The maximum Gasteiger partial charge on any atom is 0.344 e. The third-order valence-corrected chi connectivity index (χ3v) is 5.99. The maximum absolute atomic E-state index is 13.0. The Labute approximate surface area is 197 Å². The number of ether oxygens (including phenoxy) is 1. The zero-order valence-electron chi connectivity index (χ0n) is 19.0. The number of imide groups is 1. The molecule has 2 aliphatic rings. The minimum Gasteiger partial charge on any atom is -0.477 e. The highest BCUT2D eigenvalue weighted by atomic mass is 16.5. The molecule has 4 rings (SSSR count). The number of likely N-dealkylation sites (N-methyl/N-ethyl adjacent to an activating group) is 1. The number of fused-ring (bicyclic) bond motifs is 1. The monoisotopic (exact) mass is 465 g/mol. The highest BCUT2D eigenvalue weighted by Gasteiger charge is 2.48. The number of hydrazine groups is 1. The van der Waals surface area contributed by atoms with Crippen molar-refractivity contribution in [3.8, 4) is 5.75 Å². The van der Waals surface area contributed by atoms with Gasteiger partial charge in [0.05, 0.1) is 18.8 Å². The molecule has 2 heterocycles. The van der Waals surface area contributed by atoms with E-state index in [0.29, 0.717) is 24.3 Å². The Hall–Kier alpha value is -4.08. The van der Waals surface area contributed by atoms with Gasteiger partial charge >= 0.3 is 6.03 Å². The van der Waals surface area contributed by atoms with Crippen LogP contribution in [0, 0.1) is 0 Å². The van der Waals surface area contributed by atoms with Gasteiger partial charge in [-0.1, -0.05) is 42.5 Å². The van der Waals surface area contributed by atoms with Crippen LogP contribution in [0.2, 0.25) is 0 Å². The van der Waals surface area contributed by atoms with Crippen molar-refractivity contribution in [1.29, 1.82) is 0 Å². The van der Waals surface area contributed by atoms with Crippen LogP contribution in [0.1, 0.15) is 18.9 Å². The van der Waals surface area contributed by atoms with E-state index < -0.39 is 29.5 Å². The first kappa shape index (κ1) is 23.1. The van der Waals surface area contributed by atoms with Gasteiger partial charge in [0.2, 0.25) is 0 Å². The lowest BCUT2D eigenvalue weighted by molar-refractivity contribution is -0.138. The Morgan fingerprint density at radius 1 is 1.12 bits per heavy atom. The standard InChI is InChI=1S/C24H27N5O5/c1-24(13-12-16-8-4-3-5-9-16)22(32)29(23(33)26-24)27-20(30)15-28-14-19(21(31)25-2)34-18-11-7-6-10-17(18)28/h3-11,19H,12-15H2,1-2H3,(H,25,31)(H,26,33)(H,27,30)/t19-,24+/m1/s1. The highest BCUT2D eigenvalue weighted by Crippen LogP contribution is 2.33. The molecule has 2 atom stereocenters. The van der Waals surface area contributed by atoms with Gasteiger partial charge in [-0.05, 0) is 37.5 Å². The van der Waals surface area contributed by atoms with E-state index in [1.807, 2.05) is 30.3 Å². The summed E-state index contributed by atoms with van der Waals surface area (Å²) in [6, 6.07) is 16.0. The molecule has 0 bridgehead atoms. The van der Waals surface area contributed by atoms with Crippen LogP contribution in [0.3, 0.4) is 0 Å². The van der Waals surface area contributed by atoms with Crippen molar-refractivity contribution < 1.29 is 23.9 Å². The summed E-state index contributed by atoms with van der Waals surface area (Å²) < 4.78 is 5.74. The first-order valence-corrected chi connectivity index (χ1v) is 11.0. The summed E-state index contributed by atoms with van der Waals surface area (Å²) in [5, 5.41) is 5.97. The van der Waals surface area contributed by atoms with E-state index in [9.17, 15) is 19.2 Å². The van der Waals surface area contributed by atoms with E-state index in [-0.39, 0.29) is 19.0 Å². The fourth-order valence-electron chi connectivity index (χ4n) is 4.08. The molecule has 2 aliphatic heterocycles. The van der Waals surface area contributed by atoms with E-state index in [1.54, 1.807) is 36.1 Å². The number of carbonyl (C=O) groups is 4. The number of carbonyl (C=O) groups excluding carboxylic acids is 4. The number of aryl methyl sites for hydroxylation is 1. The van der Waals surface area contributed by atoms with E-state index in [1.165, 1.54) is 7.05 Å². The molecule has 1 fully saturated rings. The van der Waals surface area contributed by atoms with Gasteiger partial charge in [0.1, 0.15) is 11.3 Å². The second-order valence-corrected chi connectivity index (χ2v) is 8.49. The minimum absolute atomic E-state index is 0.138. The number of nitrogens with zero attached hydrogens (tertiary/aromatic N) is 2. The Balaban J connectivity index is 1.42. The van der Waals surface area contributed by atoms with Gasteiger partial charge in [0.15, 0.2) is 6.10 Å².